The van der Waals surface area contributed by atoms with Crippen LogP contribution in [0, 0.1) is 5.92 Å². The van der Waals surface area contributed by atoms with E-state index >= 15 is 0 Å². The van der Waals surface area contributed by atoms with Gasteiger partial charge in [0.2, 0.25) is 10.0 Å². The first kappa shape index (κ1) is 13.6. The minimum Gasteiger partial charge on any atom is -0.301 e. The maximum Gasteiger partial charge on any atom is 0.211 e. The second-order valence-corrected chi connectivity index (χ2v) is 7.87. The van der Waals surface area contributed by atoms with E-state index in [-0.39, 0.29) is 5.38 Å². The summed E-state index contributed by atoms with van der Waals surface area (Å²) in [5.74, 6) is 0.473. The number of halogens is 1. The van der Waals surface area contributed by atoms with Crippen LogP contribution in [0.5, 0.6) is 0 Å². The van der Waals surface area contributed by atoms with Crippen LogP contribution in [0.15, 0.2) is 0 Å². The highest BCUT2D eigenvalue weighted by Crippen LogP contribution is 2.22. The zero-order valence-corrected chi connectivity index (χ0v) is 11.9. The molecule has 2 aliphatic rings. The topological polar surface area (TPSA) is 40.6 Å². The Hall–Kier alpha value is 0.160. The fourth-order valence-corrected chi connectivity index (χ4v) is 4.03. The molecular formula is C11H21ClN2O2S. The van der Waals surface area contributed by atoms with Gasteiger partial charge in [-0.15, -0.1) is 11.6 Å². The number of sulfonamides is 1. The summed E-state index contributed by atoms with van der Waals surface area (Å²) in [6.45, 7) is 4.38. The number of piperidine rings is 1. The normalized spacial score (nSPS) is 33.1. The number of hydrogen-bond donors (Lipinski definition) is 0. The molecule has 0 amide bonds. The molecule has 0 radical (unpaired) electrons. The summed E-state index contributed by atoms with van der Waals surface area (Å²) in [5, 5.41) is 0.282. The number of rotatable bonds is 3. The minimum atomic E-state index is -3.01. The largest absolute Gasteiger partial charge is 0.301 e. The highest BCUT2D eigenvalue weighted by Gasteiger charge is 2.29. The smallest absolute Gasteiger partial charge is 0.211 e. The van der Waals surface area contributed by atoms with Crippen LogP contribution in [-0.4, -0.2) is 62.0 Å². The van der Waals surface area contributed by atoms with Crippen molar-refractivity contribution in [2.24, 2.45) is 5.92 Å². The van der Waals surface area contributed by atoms with Gasteiger partial charge >= 0.3 is 0 Å². The Bertz CT molecular complexity index is 360. The molecule has 0 bridgehead atoms. The Kier molecular flexibility index (Phi) is 4.34. The van der Waals surface area contributed by atoms with Crippen molar-refractivity contribution < 1.29 is 8.42 Å². The van der Waals surface area contributed by atoms with E-state index in [1.807, 2.05) is 0 Å². The predicted octanol–water partition coefficient (Wildman–Crippen LogP) is 0.971. The molecule has 0 aromatic carbocycles. The van der Waals surface area contributed by atoms with Crippen LogP contribution in [0.1, 0.15) is 19.3 Å². The quantitative estimate of drug-likeness (QED) is 0.724. The monoisotopic (exact) mass is 280 g/mol. The van der Waals surface area contributed by atoms with Gasteiger partial charge in [0, 0.05) is 31.6 Å². The molecule has 2 saturated heterocycles. The third-order valence-corrected chi connectivity index (χ3v) is 5.31. The van der Waals surface area contributed by atoms with Crippen LogP contribution in [0.3, 0.4) is 0 Å². The van der Waals surface area contributed by atoms with Crippen molar-refractivity contribution in [1.82, 2.24) is 9.21 Å². The van der Waals surface area contributed by atoms with E-state index in [0.29, 0.717) is 19.0 Å². The van der Waals surface area contributed by atoms with Gasteiger partial charge in [-0.05, 0) is 31.7 Å². The molecule has 6 heteroatoms. The van der Waals surface area contributed by atoms with Gasteiger partial charge in [-0.3, -0.25) is 0 Å². The van der Waals surface area contributed by atoms with Crippen molar-refractivity contribution in [3.8, 4) is 0 Å². The molecule has 100 valence electrons. The summed E-state index contributed by atoms with van der Waals surface area (Å²) in [4.78, 5) is 2.37. The summed E-state index contributed by atoms with van der Waals surface area (Å²) in [5.41, 5.74) is 0. The first-order valence-electron chi connectivity index (χ1n) is 6.26. The van der Waals surface area contributed by atoms with Gasteiger partial charge in [0.15, 0.2) is 0 Å². The lowest BCUT2D eigenvalue weighted by Crippen LogP contribution is -2.43. The molecule has 0 N–H and O–H groups in total. The van der Waals surface area contributed by atoms with Crippen molar-refractivity contribution in [2.45, 2.75) is 24.6 Å². The lowest BCUT2D eigenvalue weighted by atomic mass is 9.99. The van der Waals surface area contributed by atoms with Gasteiger partial charge in [0.05, 0.1) is 6.26 Å². The Morgan fingerprint density at radius 1 is 1.24 bits per heavy atom. The fraction of sp³-hybridized carbons (Fsp3) is 1.00. The van der Waals surface area contributed by atoms with Gasteiger partial charge in [-0.2, -0.15) is 0 Å². The molecule has 0 aromatic heterocycles. The van der Waals surface area contributed by atoms with Crippen molar-refractivity contribution in [3.05, 3.63) is 0 Å². The Labute approximate surface area is 109 Å². The molecule has 2 atom stereocenters. The molecule has 2 unspecified atom stereocenters. The van der Waals surface area contributed by atoms with Gasteiger partial charge in [0.1, 0.15) is 0 Å². The van der Waals surface area contributed by atoms with E-state index in [0.717, 1.165) is 38.9 Å². The fourth-order valence-electron chi connectivity index (χ4n) is 2.79. The standard InChI is InChI=1S/C11H21ClN2O2S/c1-17(15,16)14-5-2-3-10(8-14)7-13-6-4-11(12)9-13/h10-11H,2-9H2,1H3. The van der Waals surface area contributed by atoms with Gasteiger partial charge in [0.25, 0.3) is 0 Å². The highest BCUT2D eigenvalue weighted by molar-refractivity contribution is 7.88. The molecule has 0 saturated carbocycles. The molecule has 0 aromatic rings. The van der Waals surface area contributed by atoms with Gasteiger partial charge < -0.3 is 4.90 Å². The average molecular weight is 281 g/mol. The zero-order chi connectivity index (χ0) is 12.5. The number of nitrogens with zero attached hydrogens (tertiary/aromatic N) is 2. The van der Waals surface area contributed by atoms with Crippen LogP contribution in [0.2, 0.25) is 0 Å². The SMILES string of the molecule is CS(=O)(=O)N1CCCC(CN2CCC(Cl)C2)C1. The highest BCUT2D eigenvalue weighted by atomic mass is 35.5. The Morgan fingerprint density at radius 3 is 2.59 bits per heavy atom. The molecule has 4 nitrogen and oxygen atoms in total. The molecular weight excluding hydrogens is 260 g/mol. The second-order valence-electron chi connectivity index (χ2n) is 5.27. The molecule has 2 heterocycles. The molecule has 0 aliphatic carbocycles. The summed E-state index contributed by atoms with van der Waals surface area (Å²) in [6, 6.07) is 0. The molecule has 17 heavy (non-hydrogen) atoms. The Morgan fingerprint density at radius 2 is 2.00 bits per heavy atom. The van der Waals surface area contributed by atoms with Crippen molar-refractivity contribution in [2.75, 3.05) is 39.0 Å². The van der Waals surface area contributed by atoms with Crippen LogP contribution in [-0.2, 0) is 10.0 Å². The van der Waals surface area contributed by atoms with Crippen molar-refractivity contribution in [3.63, 3.8) is 0 Å². The maximum absolute atomic E-state index is 11.5. The van der Waals surface area contributed by atoms with E-state index < -0.39 is 10.0 Å². The lowest BCUT2D eigenvalue weighted by molar-refractivity contribution is 0.201. The average Bonchev–Trinajstić information content (AvgIpc) is 2.63. The van der Waals surface area contributed by atoms with Crippen LogP contribution in [0.25, 0.3) is 0 Å². The van der Waals surface area contributed by atoms with Crippen molar-refractivity contribution in [1.29, 1.82) is 0 Å². The number of alkyl halides is 1. The number of likely N-dealkylation sites (tertiary alicyclic amines) is 1. The van der Waals surface area contributed by atoms with Crippen LogP contribution in [0.4, 0.5) is 0 Å². The van der Waals surface area contributed by atoms with E-state index in [9.17, 15) is 8.42 Å². The molecule has 2 aliphatic heterocycles. The van der Waals surface area contributed by atoms with Gasteiger partial charge in [-0.25, -0.2) is 12.7 Å². The third kappa shape index (κ3) is 3.81. The second kappa shape index (κ2) is 5.43. The predicted molar refractivity (Wildman–Crippen MR) is 69.8 cm³/mol. The van der Waals surface area contributed by atoms with E-state index in [1.165, 1.54) is 6.26 Å². The summed E-state index contributed by atoms with van der Waals surface area (Å²) in [7, 11) is -3.01. The maximum atomic E-state index is 11.5. The molecule has 2 rings (SSSR count). The Balaban J connectivity index is 1.85. The van der Waals surface area contributed by atoms with Crippen LogP contribution >= 0.6 is 11.6 Å². The van der Waals surface area contributed by atoms with E-state index in [2.05, 4.69) is 4.90 Å². The first-order chi connectivity index (χ1) is 7.95. The van der Waals surface area contributed by atoms with Gasteiger partial charge in [-0.1, -0.05) is 0 Å². The van der Waals surface area contributed by atoms with E-state index in [4.69, 9.17) is 11.6 Å². The first-order valence-corrected chi connectivity index (χ1v) is 8.55. The number of hydrogen-bond acceptors (Lipinski definition) is 3. The van der Waals surface area contributed by atoms with Crippen LogP contribution < -0.4 is 0 Å². The third-order valence-electron chi connectivity index (χ3n) is 3.68. The summed E-state index contributed by atoms with van der Waals surface area (Å²) >= 11 is 6.08. The lowest BCUT2D eigenvalue weighted by Gasteiger charge is -2.33. The van der Waals surface area contributed by atoms with Crippen molar-refractivity contribution >= 4 is 21.6 Å². The summed E-state index contributed by atoms with van der Waals surface area (Å²) in [6.07, 6.45) is 4.48. The molecule has 2 fully saturated rings. The van der Waals surface area contributed by atoms with E-state index in [1.54, 1.807) is 4.31 Å². The minimum absolute atomic E-state index is 0.282. The molecule has 0 spiro atoms. The zero-order valence-electron chi connectivity index (χ0n) is 10.3. The summed E-state index contributed by atoms with van der Waals surface area (Å²) < 4.78 is 24.6.